The van der Waals surface area contributed by atoms with Gasteiger partial charge in [-0.15, -0.1) is 0 Å². The molecular formula is C16H16N2O. The summed E-state index contributed by atoms with van der Waals surface area (Å²) >= 11 is 0. The first-order chi connectivity index (χ1) is 9.26. The van der Waals surface area contributed by atoms with Gasteiger partial charge in [0, 0.05) is 17.8 Å². The van der Waals surface area contributed by atoms with E-state index in [-0.39, 0.29) is 0 Å². The van der Waals surface area contributed by atoms with Gasteiger partial charge in [-0.1, -0.05) is 18.2 Å². The van der Waals surface area contributed by atoms with E-state index in [0.717, 1.165) is 12.2 Å². The maximum absolute atomic E-state index is 5.16. The highest BCUT2D eigenvalue weighted by Gasteiger charge is 2.03. The number of pyridine rings is 1. The van der Waals surface area contributed by atoms with Crippen LogP contribution < -0.4 is 4.74 Å². The molecule has 0 aliphatic rings. The van der Waals surface area contributed by atoms with Crippen LogP contribution >= 0.6 is 0 Å². The fourth-order valence-electron chi connectivity index (χ4n) is 2.27. The maximum Gasteiger partial charge on any atom is 0.213 e. The lowest BCUT2D eigenvalue weighted by Gasteiger charge is -2.07. The Bertz CT molecular complexity index is 716. The first-order valence-corrected chi connectivity index (χ1v) is 6.32. The van der Waals surface area contributed by atoms with E-state index in [9.17, 15) is 0 Å². The van der Waals surface area contributed by atoms with Crippen molar-refractivity contribution in [1.82, 2.24) is 9.55 Å². The highest BCUT2D eigenvalue weighted by Crippen LogP contribution is 2.19. The molecule has 96 valence electrons. The van der Waals surface area contributed by atoms with Crippen LogP contribution in [0.4, 0.5) is 0 Å². The van der Waals surface area contributed by atoms with Crippen LogP contribution in [0.5, 0.6) is 5.88 Å². The fraction of sp³-hybridized carbons (Fsp3) is 0.188. The summed E-state index contributed by atoms with van der Waals surface area (Å²) in [6.07, 6.45) is 2.10. The number of rotatable bonds is 3. The number of fused-ring (bicyclic) bond motifs is 1. The highest BCUT2D eigenvalue weighted by atomic mass is 16.5. The Morgan fingerprint density at radius 3 is 2.89 bits per heavy atom. The lowest BCUT2D eigenvalue weighted by atomic mass is 10.2. The first-order valence-electron chi connectivity index (χ1n) is 6.32. The summed E-state index contributed by atoms with van der Waals surface area (Å²) < 4.78 is 7.37. The number of hydrogen-bond acceptors (Lipinski definition) is 2. The Balaban J connectivity index is 1.98. The van der Waals surface area contributed by atoms with Crippen LogP contribution in [0.25, 0.3) is 10.9 Å². The Morgan fingerprint density at radius 2 is 2.05 bits per heavy atom. The minimum Gasteiger partial charge on any atom is -0.481 e. The van der Waals surface area contributed by atoms with Crippen LogP contribution in [-0.4, -0.2) is 16.7 Å². The molecule has 3 heteroatoms. The van der Waals surface area contributed by atoms with E-state index in [1.54, 1.807) is 7.11 Å². The molecule has 0 fully saturated rings. The third kappa shape index (κ3) is 2.32. The molecule has 2 aromatic heterocycles. The van der Waals surface area contributed by atoms with Gasteiger partial charge in [0.1, 0.15) is 0 Å². The molecule has 0 N–H and O–H groups in total. The van der Waals surface area contributed by atoms with Crippen LogP contribution in [-0.2, 0) is 6.54 Å². The van der Waals surface area contributed by atoms with Gasteiger partial charge in [-0.3, -0.25) is 0 Å². The SMILES string of the molecule is COc1cccc(Cn2ccc3ccc(C)cc32)n1. The molecule has 0 saturated heterocycles. The van der Waals surface area contributed by atoms with Crippen LogP contribution in [0.2, 0.25) is 0 Å². The van der Waals surface area contributed by atoms with Gasteiger partial charge < -0.3 is 9.30 Å². The third-order valence-electron chi connectivity index (χ3n) is 3.25. The second kappa shape index (κ2) is 4.76. The van der Waals surface area contributed by atoms with Gasteiger partial charge in [0.05, 0.1) is 19.3 Å². The van der Waals surface area contributed by atoms with E-state index in [1.165, 1.54) is 16.5 Å². The number of aryl methyl sites for hydroxylation is 1. The van der Waals surface area contributed by atoms with Crippen LogP contribution in [0.3, 0.4) is 0 Å². The summed E-state index contributed by atoms with van der Waals surface area (Å²) in [5.41, 5.74) is 3.51. The molecule has 1 aromatic carbocycles. The summed E-state index contributed by atoms with van der Waals surface area (Å²) in [6, 6.07) is 14.5. The van der Waals surface area contributed by atoms with Crippen molar-refractivity contribution in [3.05, 3.63) is 59.9 Å². The molecule has 0 aliphatic carbocycles. The van der Waals surface area contributed by atoms with E-state index >= 15 is 0 Å². The minimum absolute atomic E-state index is 0.658. The summed E-state index contributed by atoms with van der Waals surface area (Å²) in [4.78, 5) is 4.45. The fourth-order valence-corrected chi connectivity index (χ4v) is 2.27. The molecule has 2 heterocycles. The zero-order valence-electron chi connectivity index (χ0n) is 11.1. The lowest BCUT2D eigenvalue weighted by Crippen LogP contribution is -2.01. The number of aromatic nitrogens is 2. The van der Waals surface area contributed by atoms with Crippen molar-refractivity contribution in [2.45, 2.75) is 13.5 Å². The van der Waals surface area contributed by atoms with E-state index in [1.807, 2.05) is 18.2 Å². The predicted molar refractivity (Wildman–Crippen MR) is 76.6 cm³/mol. The molecule has 3 nitrogen and oxygen atoms in total. The van der Waals surface area contributed by atoms with Crippen molar-refractivity contribution >= 4 is 10.9 Å². The standard InChI is InChI=1S/C16H16N2O/c1-12-6-7-13-8-9-18(15(13)10-12)11-14-4-3-5-16(17-14)19-2/h3-10H,11H2,1-2H3. The van der Waals surface area contributed by atoms with Crippen molar-refractivity contribution in [2.75, 3.05) is 7.11 Å². The van der Waals surface area contributed by atoms with Gasteiger partial charge in [-0.2, -0.15) is 0 Å². The Hall–Kier alpha value is -2.29. The molecule has 0 aliphatic heterocycles. The number of methoxy groups -OCH3 is 1. The molecule has 3 rings (SSSR count). The quantitative estimate of drug-likeness (QED) is 0.714. The highest BCUT2D eigenvalue weighted by molar-refractivity contribution is 5.80. The third-order valence-corrected chi connectivity index (χ3v) is 3.25. The normalized spacial score (nSPS) is 10.8. The maximum atomic E-state index is 5.16. The largest absolute Gasteiger partial charge is 0.481 e. The van der Waals surface area contributed by atoms with Crippen molar-refractivity contribution in [1.29, 1.82) is 0 Å². The molecule has 19 heavy (non-hydrogen) atoms. The summed E-state index contributed by atoms with van der Waals surface area (Å²) in [5.74, 6) is 0.658. The second-order valence-corrected chi connectivity index (χ2v) is 4.68. The molecule has 0 atom stereocenters. The molecular weight excluding hydrogens is 236 g/mol. The average Bonchev–Trinajstić information content (AvgIpc) is 2.81. The summed E-state index contributed by atoms with van der Waals surface area (Å²) in [7, 11) is 1.64. The zero-order valence-corrected chi connectivity index (χ0v) is 11.1. The molecule has 0 bridgehead atoms. The van der Waals surface area contributed by atoms with Crippen molar-refractivity contribution in [3.8, 4) is 5.88 Å². The Labute approximate surface area is 112 Å². The Kier molecular flexibility index (Phi) is 2.95. The number of ether oxygens (including phenoxy) is 1. The average molecular weight is 252 g/mol. The molecule has 0 unspecified atom stereocenters. The summed E-state index contributed by atoms with van der Waals surface area (Å²) in [5, 5.41) is 1.26. The smallest absolute Gasteiger partial charge is 0.213 e. The van der Waals surface area contributed by atoms with Gasteiger partial charge in [0.2, 0.25) is 5.88 Å². The first kappa shape index (κ1) is 11.8. The van der Waals surface area contributed by atoms with E-state index in [0.29, 0.717) is 5.88 Å². The molecule has 0 saturated carbocycles. The number of benzene rings is 1. The molecule has 0 amide bonds. The van der Waals surface area contributed by atoms with Crippen molar-refractivity contribution in [2.24, 2.45) is 0 Å². The van der Waals surface area contributed by atoms with Gasteiger partial charge in [-0.25, -0.2) is 4.98 Å². The van der Waals surface area contributed by atoms with Gasteiger partial charge in [0.25, 0.3) is 0 Å². The molecule has 3 aromatic rings. The van der Waals surface area contributed by atoms with Crippen LogP contribution in [0.1, 0.15) is 11.3 Å². The summed E-state index contributed by atoms with van der Waals surface area (Å²) in [6.45, 7) is 2.87. The van der Waals surface area contributed by atoms with Crippen molar-refractivity contribution in [3.63, 3.8) is 0 Å². The zero-order chi connectivity index (χ0) is 13.2. The second-order valence-electron chi connectivity index (χ2n) is 4.68. The Morgan fingerprint density at radius 1 is 1.16 bits per heavy atom. The number of nitrogens with zero attached hydrogens (tertiary/aromatic N) is 2. The van der Waals surface area contributed by atoms with E-state index in [4.69, 9.17) is 4.74 Å². The molecule has 0 spiro atoms. The monoisotopic (exact) mass is 252 g/mol. The van der Waals surface area contributed by atoms with Gasteiger partial charge >= 0.3 is 0 Å². The van der Waals surface area contributed by atoms with Crippen LogP contribution in [0, 0.1) is 6.92 Å². The van der Waals surface area contributed by atoms with Gasteiger partial charge in [-0.05, 0) is 36.1 Å². The van der Waals surface area contributed by atoms with Crippen molar-refractivity contribution < 1.29 is 4.74 Å². The van der Waals surface area contributed by atoms with E-state index in [2.05, 4.69) is 46.9 Å². The van der Waals surface area contributed by atoms with Gasteiger partial charge in [0.15, 0.2) is 0 Å². The topological polar surface area (TPSA) is 27.1 Å². The minimum atomic E-state index is 0.658. The predicted octanol–water partition coefficient (Wildman–Crippen LogP) is 3.40. The number of hydrogen-bond donors (Lipinski definition) is 0. The molecule has 0 radical (unpaired) electrons. The van der Waals surface area contributed by atoms with E-state index < -0.39 is 0 Å². The lowest BCUT2D eigenvalue weighted by molar-refractivity contribution is 0.396. The van der Waals surface area contributed by atoms with Crippen LogP contribution in [0.15, 0.2) is 48.7 Å².